The van der Waals surface area contributed by atoms with Gasteiger partial charge in [0.1, 0.15) is 0 Å². The zero-order valence-electron chi connectivity index (χ0n) is 14.0. The van der Waals surface area contributed by atoms with E-state index in [2.05, 4.69) is 31.3 Å². The zero-order valence-corrected chi connectivity index (χ0v) is 14.0. The van der Waals surface area contributed by atoms with Gasteiger partial charge in [-0.25, -0.2) is 0 Å². The Balaban J connectivity index is 2.10. The van der Waals surface area contributed by atoms with E-state index < -0.39 is 0 Å². The van der Waals surface area contributed by atoms with E-state index >= 15 is 0 Å². The van der Waals surface area contributed by atoms with Crippen molar-refractivity contribution < 1.29 is 4.79 Å². The van der Waals surface area contributed by atoms with E-state index in [0.717, 1.165) is 18.4 Å². The van der Waals surface area contributed by atoms with Crippen molar-refractivity contribution in [1.82, 2.24) is 5.32 Å². The van der Waals surface area contributed by atoms with Gasteiger partial charge in [-0.1, -0.05) is 56.3 Å². The summed E-state index contributed by atoms with van der Waals surface area (Å²) in [5.41, 5.74) is 3.75. The van der Waals surface area contributed by atoms with Crippen molar-refractivity contribution in [1.29, 1.82) is 5.26 Å². The van der Waals surface area contributed by atoms with Gasteiger partial charge in [-0.05, 0) is 30.5 Å². The maximum Gasteiger partial charge on any atom is 0.255 e. The predicted octanol–water partition coefficient (Wildman–Crippen LogP) is 4.32. The van der Waals surface area contributed by atoms with Gasteiger partial charge in [-0.15, -0.1) is 0 Å². The van der Waals surface area contributed by atoms with E-state index in [4.69, 9.17) is 0 Å². The molecule has 1 N–H and O–H groups in total. The number of nitrogens with zero attached hydrogens (tertiary/aromatic N) is 1. The first kappa shape index (κ1) is 16.0. The largest absolute Gasteiger partial charge is 0.321 e. The number of carbonyl (C=O) groups is 1. The molecule has 0 aliphatic heterocycles. The SMILES string of the molecule is CCC1(C)Cc2ccccc2C(NC(=O)c2ccccc2)=C1C#N. The van der Waals surface area contributed by atoms with Gasteiger partial charge in [0.05, 0.1) is 17.3 Å². The minimum absolute atomic E-state index is 0.187. The molecule has 1 aliphatic carbocycles. The molecule has 0 fully saturated rings. The normalized spacial score (nSPS) is 19.4. The van der Waals surface area contributed by atoms with E-state index in [1.165, 1.54) is 5.56 Å². The molecule has 0 bridgehead atoms. The quantitative estimate of drug-likeness (QED) is 0.916. The third kappa shape index (κ3) is 2.72. The van der Waals surface area contributed by atoms with Crippen LogP contribution in [0.3, 0.4) is 0 Å². The van der Waals surface area contributed by atoms with Crippen LogP contribution < -0.4 is 5.32 Å². The van der Waals surface area contributed by atoms with Crippen molar-refractivity contribution in [3.05, 3.63) is 76.9 Å². The monoisotopic (exact) mass is 316 g/mol. The lowest BCUT2D eigenvalue weighted by molar-refractivity contribution is 0.0973. The Labute approximate surface area is 142 Å². The Morgan fingerprint density at radius 1 is 1.17 bits per heavy atom. The van der Waals surface area contributed by atoms with Crippen LogP contribution in [0.4, 0.5) is 0 Å². The van der Waals surface area contributed by atoms with Crippen LogP contribution in [0.15, 0.2) is 60.2 Å². The van der Waals surface area contributed by atoms with Crippen LogP contribution in [0.1, 0.15) is 41.8 Å². The van der Waals surface area contributed by atoms with Crippen LogP contribution in [-0.2, 0) is 6.42 Å². The fourth-order valence-electron chi connectivity index (χ4n) is 3.26. The van der Waals surface area contributed by atoms with Gasteiger partial charge in [0, 0.05) is 16.5 Å². The summed E-state index contributed by atoms with van der Waals surface area (Å²) in [6.07, 6.45) is 1.65. The van der Waals surface area contributed by atoms with Gasteiger partial charge in [-0.3, -0.25) is 4.79 Å². The molecule has 0 saturated carbocycles. The van der Waals surface area contributed by atoms with Crippen LogP contribution in [0.25, 0.3) is 5.70 Å². The summed E-state index contributed by atoms with van der Waals surface area (Å²) in [7, 11) is 0. The second-order valence-corrected chi connectivity index (χ2v) is 6.43. The molecule has 24 heavy (non-hydrogen) atoms. The Morgan fingerprint density at radius 2 is 1.83 bits per heavy atom. The van der Waals surface area contributed by atoms with Crippen LogP contribution in [0.5, 0.6) is 0 Å². The van der Waals surface area contributed by atoms with Gasteiger partial charge in [-0.2, -0.15) is 5.26 Å². The third-order valence-electron chi connectivity index (χ3n) is 4.89. The first-order valence-electron chi connectivity index (χ1n) is 8.18. The lowest BCUT2D eigenvalue weighted by Crippen LogP contribution is -2.33. The Kier molecular flexibility index (Phi) is 4.22. The highest BCUT2D eigenvalue weighted by Crippen LogP contribution is 2.43. The smallest absolute Gasteiger partial charge is 0.255 e. The molecule has 2 aromatic rings. The molecule has 3 rings (SSSR count). The van der Waals surface area contributed by atoms with Gasteiger partial charge < -0.3 is 5.32 Å². The molecular formula is C21H20N2O. The van der Waals surface area contributed by atoms with Crippen molar-refractivity contribution in [3.8, 4) is 6.07 Å². The van der Waals surface area contributed by atoms with Crippen molar-refractivity contribution >= 4 is 11.6 Å². The molecule has 120 valence electrons. The minimum atomic E-state index is -0.262. The molecule has 1 aliphatic rings. The number of amides is 1. The number of nitriles is 1. The highest BCUT2D eigenvalue weighted by Gasteiger charge is 2.36. The maximum atomic E-state index is 12.6. The van der Waals surface area contributed by atoms with Crippen molar-refractivity contribution in [2.75, 3.05) is 0 Å². The summed E-state index contributed by atoms with van der Waals surface area (Å²) < 4.78 is 0. The first-order chi connectivity index (χ1) is 11.6. The Bertz CT molecular complexity index is 846. The van der Waals surface area contributed by atoms with Crippen LogP contribution in [0.2, 0.25) is 0 Å². The van der Waals surface area contributed by atoms with Crippen molar-refractivity contribution in [3.63, 3.8) is 0 Å². The molecule has 0 heterocycles. The topological polar surface area (TPSA) is 52.9 Å². The molecule has 3 heteroatoms. The maximum absolute atomic E-state index is 12.6. The second kappa shape index (κ2) is 6.33. The van der Waals surface area contributed by atoms with Crippen molar-refractivity contribution in [2.24, 2.45) is 5.41 Å². The molecule has 0 spiro atoms. The average molecular weight is 316 g/mol. The standard InChI is InChI=1S/C21H20N2O/c1-3-21(2)13-16-11-7-8-12-17(16)19(18(21)14-22)23-20(24)15-9-5-4-6-10-15/h4-12H,3,13H2,1-2H3,(H,23,24). The van der Waals surface area contributed by atoms with E-state index in [-0.39, 0.29) is 11.3 Å². The second-order valence-electron chi connectivity index (χ2n) is 6.43. The fraction of sp³-hybridized carbons (Fsp3) is 0.238. The van der Waals surface area contributed by atoms with Gasteiger partial charge in [0.2, 0.25) is 0 Å². The van der Waals surface area contributed by atoms with Crippen LogP contribution >= 0.6 is 0 Å². The molecule has 1 amide bonds. The van der Waals surface area contributed by atoms with Gasteiger partial charge in [0.25, 0.3) is 5.91 Å². The molecule has 0 saturated heterocycles. The van der Waals surface area contributed by atoms with Gasteiger partial charge >= 0.3 is 0 Å². The number of hydrogen-bond donors (Lipinski definition) is 1. The molecule has 0 aromatic heterocycles. The van der Waals surface area contributed by atoms with Crippen LogP contribution in [-0.4, -0.2) is 5.91 Å². The molecule has 2 aromatic carbocycles. The molecular weight excluding hydrogens is 296 g/mol. The number of fused-ring (bicyclic) bond motifs is 1. The first-order valence-corrected chi connectivity index (χ1v) is 8.18. The summed E-state index contributed by atoms with van der Waals surface area (Å²) in [6.45, 7) is 4.18. The van der Waals surface area contributed by atoms with E-state index in [1.807, 2.05) is 36.4 Å². The number of rotatable bonds is 3. The van der Waals surface area contributed by atoms with E-state index in [1.54, 1.807) is 12.1 Å². The number of allylic oxidation sites excluding steroid dienone is 1. The van der Waals surface area contributed by atoms with Gasteiger partial charge in [0.15, 0.2) is 0 Å². The highest BCUT2D eigenvalue weighted by atomic mass is 16.1. The molecule has 1 atom stereocenters. The minimum Gasteiger partial charge on any atom is -0.321 e. The molecule has 3 nitrogen and oxygen atoms in total. The summed E-state index contributed by atoms with van der Waals surface area (Å²) in [6, 6.07) is 19.4. The zero-order chi connectivity index (χ0) is 17.2. The number of hydrogen-bond acceptors (Lipinski definition) is 2. The summed E-state index contributed by atoms with van der Waals surface area (Å²) in [4.78, 5) is 12.6. The van der Waals surface area contributed by atoms with E-state index in [9.17, 15) is 10.1 Å². The van der Waals surface area contributed by atoms with E-state index in [0.29, 0.717) is 16.8 Å². The lowest BCUT2D eigenvalue weighted by Gasteiger charge is -2.35. The van der Waals surface area contributed by atoms with Crippen molar-refractivity contribution in [2.45, 2.75) is 26.7 Å². The predicted molar refractivity (Wildman–Crippen MR) is 95.0 cm³/mol. The lowest BCUT2D eigenvalue weighted by atomic mass is 9.69. The molecule has 1 unspecified atom stereocenters. The number of nitrogens with one attached hydrogen (secondary N) is 1. The third-order valence-corrected chi connectivity index (χ3v) is 4.89. The summed E-state index contributed by atoms with van der Waals surface area (Å²) >= 11 is 0. The average Bonchev–Trinajstić information content (AvgIpc) is 2.62. The Morgan fingerprint density at radius 3 is 2.50 bits per heavy atom. The highest BCUT2D eigenvalue weighted by molar-refractivity contribution is 6.00. The number of benzene rings is 2. The van der Waals surface area contributed by atoms with Crippen LogP contribution in [0, 0.1) is 16.7 Å². The summed E-state index contributed by atoms with van der Waals surface area (Å²) in [5, 5.41) is 12.8. The Hall–Kier alpha value is -2.86. The fourth-order valence-corrected chi connectivity index (χ4v) is 3.26. The molecule has 0 radical (unpaired) electrons. The summed E-state index contributed by atoms with van der Waals surface area (Å²) in [5.74, 6) is -0.187. The number of carbonyl (C=O) groups excluding carboxylic acids is 1.